The minimum Gasteiger partial charge on any atom is -0.495 e. The second-order valence-corrected chi connectivity index (χ2v) is 7.91. The maximum Gasteiger partial charge on any atom is 0.246 e. The Bertz CT molecular complexity index is 667. The van der Waals surface area contributed by atoms with Gasteiger partial charge in [-0.05, 0) is 37.5 Å². The van der Waals surface area contributed by atoms with Crippen LogP contribution >= 0.6 is 0 Å². The predicted molar refractivity (Wildman–Crippen MR) is 94.8 cm³/mol. The zero-order chi connectivity index (χ0) is 18.5. The first-order chi connectivity index (χ1) is 11.2. The number of sulfonamides is 1. The molecule has 0 unspecified atom stereocenters. The first-order valence-corrected chi connectivity index (χ1v) is 9.55. The molecular formula is C17H28N2O4S. The SMILES string of the molecule is CCN(CC)C(=O)CN(C)S(=O)(=O)c1cc(C(C)C)ccc1OC. The summed E-state index contributed by atoms with van der Waals surface area (Å²) >= 11 is 0. The van der Waals surface area contributed by atoms with E-state index in [0.717, 1.165) is 9.87 Å². The molecule has 24 heavy (non-hydrogen) atoms. The third-order valence-corrected chi connectivity index (χ3v) is 5.84. The maximum absolute atomic E-state index is 12.9. The molecule has 1 rings (SSSR count). The average molecular weight is 356 g/mol. The zero-order valence-corrected chi connectivity index (χ0v) is 16.2. The summed E-state index contributed by atoms with van der Waals surface area (Å²) in [4.78, 5) is 13.9. The molecule has 0 heterocycles. The van der Waals surface area contributed by atoms with Crippen molar-refractivity contribution in [1.82, 2.24) is 9.21 Å². The predicted octanol–water partition coefficient (Wildman–Crippen LogP) is 2.31. The van der Waals surface area contributed by atoms with Gasteiger partial charge in [-0.2, -0.15) is 4.31 Å². The van der Waals surface area contributed by atoms with Crippen LogP contribution in [0.3, 0.4) is 0 Å². The summed E-state index contributed by atoms with van der Waals surface area (Å²) in [7, 11) is -0.972. The molecule has 0 N–H and O–H groups in total. The fraction of sp³-hybridized carbons (Fsp3) is 0.588. The van der Waals surface area contributed by atoms with Crippen LogP contribution in [0.4, 0.5) is 0 Å². The van der Waals surface area contributed by atoms with Crippen LogP contribution in [0.1, 0.15) is 39.2 Å². The van der Waals surface area contributed by atoms with Crippen molar-refractivity contribution < 1.29 is 17.9 Å². The van der Waals surface area contributed by atoms with Gasteiger partial charge in [0.15, 0.2) is 0 Å². The van der Waals surface area contributed by atoms with Crippen LogP contribution < -0.4 is 4.74 Å². The highest BCUT2D eigenvalue weighted by Crippen LogP contribution is 2.29. The van der Waals surface area contributed by atoms with E-state index in [1.165, 1.54) is 14.2 Å². The van der Waals surface area contributed by atoms with E-state index in [1.807, 2.05) is 33.8 Å². The molecule has 0 saturated carbocycles. The molecule has 0 atom stereocenters. The van der Waals surface area contributed by atoms with Crippen molar-refractivity contribution >= 4 is 15.9 Å². The van der Waals surface area contributed by atoms with Crippen LogP contribution in [0.25, 0.3) is 0 Å². The largest absolute Gasteiger partial charge is 0.495 e. The highest BCUT2D eigenvalue weighted by atomic mass is 32.2. The van der Waals surface area contributed by atoms with Crippen molar-refractivity contribution in [1.29, 1.82) is 0 Å². The van der Waals surface area contributed by atoms with E-state index in [2.05, 4.69) is 0 Å². The van der Waals surface area contributed by atoms with E-state index in [9.17, 15) is 13.2 Å². The fourth-order valence-corrected chi connectivity index (χ4v) is 3.68. The molecule has 0 radical (unpaired) electrons. The number of amides is 1. The molecule has 0 aromatic heterocycles. The molecule has 0 aliphatic rings. The number of carbonyl (C=O) groups excluding carboxylic acids is 1. The standard InChI is InChI=1S/C17H28N2O4S/c1-7-19(8-2)17(20)12-18(5)24(21,22)16-11-14(13(3)4)9-10-15(16)23-6/h9-11,13H,7-8,12H2,1-6H3. The number of ether oxygens (including phenoxy) is 1. The normalized spacial score (nSPS) is 11.8. The number of carbonyl (C=O) groups is 1. The van der Waals surface area contributed by atoms with Crippen LogP contribution in [-0.4, -0.2) is 57.3 Å². The quantitative estimate of drug-likeness (QED) is 0.717. The van der Waals surface area contributed by atoms with Gasteiger partial charge in [-0.3, -0.25) is 4.79 Å². The van der Waals surface area contributed by atoms with E-state index in [4.69, 9.17) is 4.74 Å². The Morgan fingerprint density at radius 3 is 2.25 bits per heavy atom. The number of benzene rings is 1. The van der Waals surface area contributed by atoms with Crippen molar-refractivity contribution in [3.05, 3.63) is 23.8 Å². The zero-order valence-electron chi connectivity index (χ0n) is 15.4. The number of hydrogen-bond acceptors (Lipinski definition) is 4. The minimum absolute atomic E-state index is 0.0889. The third-order valence-electron chi connectivity index (χ3n) is 4.02. The second-order valence-electron chi connectivity index (χ2n) is 5.89. The molecule has 7 heteroatoms. The summed E-state index contributed by atoms with van der Waals surface area (Å²) in [6.45, 7) is 8.62. The van der Waals surface area contributed by atoms with E-state index in [-0.39, 0.29) is 29.0 Å². The van der Waals surface area contributed by atoms with Gasteiger partial charge in [0.2, 0.25) is 15.9 Å². The molecule has 0 fully saturated rings. The lowest BCUT2D eigenvalue weighted by molar-refractivity contribution is -0.130. The van der Waals surface area contributed by atoms with Gasteiger partial charge in [-0.15, -0.1) is 0 Å². The lowest BCUT2D eigenvalue weighted by Crippen LogP contribution is -2.41. The summed E-state index contributed by atoms with van der Waals surface area (Å²) in [5.74, 6) is 0.249. The van der Waals surface area contributed by atoms with Crippen molar-refractivity contribution in [2.75, 3.05) is 33.8 Å². The Morgan fingerprint density at radius 2 is 1.79 bits per heavy atom. The highest BCUT2D eigenvalue weighted by molar-refractivity contribution is 7.89. The molecule has 0 aliphatic carbocycles. The van der Waals surface area contributed by atoms with Crippen molar-refractivity contribution in [3.8, 4) is 5.75 Å². The topological polar surface area (TPSA) is 66.9 Å². The number of likely N-dealkylation sites (N-methyl/N-ethyl adjacent to an activating group) is 2. The lowest BCUT2D eigenvalue weighted by atomic mass is 10.0. The fourth-order valence-electron chi connectivity index (χ4n) is 2.37. The van der Waals surface area contributed by atoms with E-state index < -0.39 is 10.0 Å². The van der Waals surface area contributed by atoms with E-state index >= 15 is 0 Å². The first-order valence-electron chi connectivity index (χ1n) is 8.11. The van der Waals surface area contributed by atoms with Gasteiger partial charge in [-0.1, -0.05) is 19.9 Å². The summed E-state index contributed by atoms with van der Waals surface area (Å²) < 4.78 is 32.1. The second kappa shape index (κ2) is 8.48. The molecule has 0 saturated heterocycles. The van der Waals surface area contributed by atoms with Gasteiger partial charge < -0.3 is 9.64 Å². The van der Waals surface area contributed by atoms with Crippen molar-refractivity contribution in [3.63, 3.8) is 0 Å². The van der Waals surface area contributed by atoms with Gasteiger partial charge in [0.1, 0.15) is 10.6 Å². The van der Waals surface area contributed by atoms with E-state index in [1.54, 1.807) is 17.0 Å². The first kappa shape index (κ1) is 20.4. The molecule has 0 bridgehead atoms. The summed E-state index contributed by atoms with van der Waals surface area (Å²) in [5, 5.41) is 0. The van der Waals surface area contributed by atoms with Crippen LogP contribution in [0.5, 0.6) is 5.75 Å². The summed E-state index contributed by atoms with van der Waals surface area (Å²) in [6, 6.07) is 5.13. The van der Waals surface area contributed by atoms with Crippen molar-refractivity contribution in [2.45, 2.75) is 38.5 Å². The molecule has 1 aromatic rings. The van der Waals surface area contributed by atoms with Gasteiger partial charge in [0.05, 0.1) is 13.7 Å². The van der Waals surface area contributed by atoms with Gasteiger partial charge in [-0.25, -0.2) is 8.42 Å². The molecule has 6 nitrogen and oxygen atoms in total. The van der Waals surface area contributed by atoms with Crippen molar-refractivity contribution in [2.24, 2.45) is 0 Å². The molecule has 1 amide bonds. The van der Waals surface area contributed by atoms with Gasteiger partial charge in [0.25, 0.3) is 0 Å². The van der Waals surface area contributed by atoms with Crippen LogP contribution in [-0.2, 0) is 14.8 Å². The molecule has 0 spiro atoms. The maximum atomic E-state index is 12.9. The lowest BCUT2D eigenvalue weighted by Gasteiger charge is -2.24. The average Bonchev–Trinajstić information content (AvgIpc) is 2.55. The summed E-state index contributed by atoms with van der Waals surface area (Å²) in [5.41, 5.74) is 0.901. The van der Waals surface area contributed by atoms with Crippen LogP contribution in [0.15, 0.2) is 23.1 Å². The Morgan fingerprint density at radius 1 is 1.21 bits per heavy atom. The number of hydrogen-bond donors (Lipinski definition) is 0. The smallest absolute Gasteiger partial charge is 0.246 e. The van der Waals surface area contributed by atoms with Crippen LogP contribution in [0, 0.1) is 0 Å². The Kier molecular flexibility index (Phi) is 7.23. The Balaban J connectivity index is 3.19. The minimum atomic E-state index is -3.82. The highest BCUT2D eigenvalue weighted by Gasteiger charge is 2.28. The molecule has 0 aliphatic heterocycles. The summed E-state index contributed by atoms with van der Waals surface area (Å²) in [6.07, 6.45) is 0. The Hall–Kier alpha value is -1.60. The molecule has 136 valence electrons. The molecular weight excluding hydrogens is 328 g/mol. The van der Waals surface area contributed by atoms with E-state index in [0.29, 0.717) is 13.1 Å². The number of nitrogens with zero attached hydrogens (tertiary/aromatic N) is 2. The van der Waals surface area contributed by atoms with Gasteiger partial charge >= 0.3 is 0 Å². The number of methoxy groups -OCH3 is 1. The Labute approximate surface area is 145 Å². The monoisotopic (exact) mass is 356 g/mol. The third kappa shape index (κ3) is 4.48. The van der Waals surface area contributed by atoms with Gasteiger partial charge in [0, 0.05) is 20.1 Å². The molecule has 1 aromatic carbocycles. The van der Waals surface area contributed by atoms with Crippen LogP contribution in [0.2, 0.25) is 0 Å². The number of rotatable bonds is 8.